The first-order valence-corrected chi connectivity index (χ1v) is 16.9. The fourth-order valence-electron chi connectivity index (χ4n) is 5.07. The summed E-state index contributed by atoms with van der Waals surface area (Å²) >= 11 is 9.90. The monoisotopic (exact) mass is 734 g/mol. The van der Waals surface area contributed by atoms with Crippen LogP contribution in [0.1, 0.15) is 57.8 Å². The molecule has 2 aromatic carbocycles. The van der Waals surface area contributed by atoms with Crippen molar-refractivity contribution in [2.45, 2.75) is 76.1 Å². The SMILES string of the molecule is COc1ccc(C[C@H]2NC(=O)C=CC[C@@H]([C@H](C)[C@@H](Br)[C@@H](O)c3ccccc3)OC(=O)[C@H](CC(C)C)OC(=O)[C@H](C)CNC2=O)cc1Cl. The van der Waals surface area contributed by atoms with E-state index < -0.39 is 64.8 Å². The highest BCUT2D eigenvalue weighted by Crippen LogP contribution is 2.33. The summed E-state index contributed by atoms with van der Waals surface area (Å²) < 4.78 is 16.8. The average Bonchev–Trinajstić information content (AvgIpc) is 3.04. The van der Waals surface area contributed by atoms with Gasteiger partial charge in [-0.3, -0.25) is 14.4 Å². The van der Waals surface area contributed by atoms with E-state index in [1.54, 1.807) is 43.3 Å². The van der Waals surface area contributed by atoms with Gasteiger partial charge in [0.1, 0.15) is 17.9 Å². The molecule has 3 rings (SSSR count). The molecule has 1 aliphatic rings. The molecule has 0 saturated carbocycles. The molecule has 0 bridgehead atoms. The molecule has 1 heterocycles. The summed E-state index contributed by atoms with van der Waals surface area (Å²) in [6.07, 6.45) is 0.358. The first kappa shape index (κ1) is 38.0. The first-order valence-electron chi connectivity index (χ1n) is 15.7. The number of ether oxygens (including phenoxy) is 3. The van der Waals surface area contributed by atoms with Gasteiger partial charge in [-0.15, -0.1) is 0 Å². The summed E-state index contributed by atoms with van der Waals surface area (Å²) in [4.78, 5) is 52.5. The van der Waals surface area contributed by atoms with Gasteiger partial charge in [0, 0.05) is 25.3 Å². The molecular weight excluding hydrogens is 692 g/mol. The van der Waals surface area contributed by atoms with Crippen LogP contribution in [0.5, 0.6) is 5.75 Å². The Hall–Kier alpha value is -3.41. The molecule has 2 amide bonds. The van der Waals surface area contributed by atoms with Crippen LogP contribution in [-0.4, -0.2) is 65.6 Å². The topological polar surface area (TPSA) is 140 Å². The van der Waals surface area contributed by atoms with Crippen LogP contribution < -0.4 is 15.4 Å². The van der Waals surface area contributed by atoms with Gasteiger partial charge in [-0.1, -0.05) is 97.7 Å². The van der Waals surface area contributed by atoms with E-state index in [1.165, 1.54) is 13.2 Å². The van der Waals surface area contributed by atoms with E-state index in [0.29, 0.717) is 21.9 Å². The molecule has 256 valence electrons. The highest BCUT2D eigenvalue weighted by Gasteiger charge is 2.35. The van der Waals surface area contributed by atoms with Gasteiger partial charge in [0.05, 0.1) is 29.0 Å². The molecule has 3 N–H and O–H groups in total. The Bertz CT molecular complexity index is 1410. The zero-order valence-electron chi connectivity index (χ0n) is 27.3. The third-order valence-corrected chi connectivity index (χ3v) is 9.55. The van der Waals surface area contributed by atoms with Gasteiger partial charge in [0.25, 0.3) is 0 Å². The second-order valence-electron chi connectivity index (χ2n) is 12.2. The molecule has 0 fully saturated rings. The number of hydrogen-bond acceptors (Lipinski definition) is 8. The Morgan fingerprint density at radius 2 is 1.74 bits per heavy atom. The van der Waals surface area contributed by atoms with Crippen LogP contribution in [-0.2, 0) is 35.1 Å². The second kappa shape index (κ2) is 18.2. The van der Waals surface area contributed by atoms with Crippen molar-refractivity contribution in [1.82, 2.24) is 10.6 Å². The van der Waals surface area contributed by atoms with Crippen molar-refractivity contribution in [3.05, 3.63) is 76.8 Å². The van der Waals surface area contributed by atoms with Crippen molar-refractivity contribution in [1.29, 1.82) is 0 Å². The predicted octanol–water partition coefficient (Wildman–Crippen LogP) is 5.09. The molecule has 47 heavy (non-hydrogen) atoms. The third kappa shape index (κ3) is 11.4. The summed E-state index contributed by atoms with van der Waals surface area (Å²) in [5.74, 6) is -3.23. The third-order valence-electron chi connectivity index (χ3n) is 7.92. The number of alkyl halides is 1. The summed E-state index contributed by atoms with van der Waals surface area (Å²) in [6.45, 7) is 7.10. The molecule has 7 atom stereocenters. The van der Waals surface area contributed by atoms with Gasteiger partial charge in [0.2, 0.25) is 11.8 Å². The quantitative estimate of drug-likeness (QED) is 0.239. The lowest BCUT2D eigenvalue weighted by atomic mass is 9.91. The minimum absolute atomic E-state index is 0.00328. The number of aliphatic hydroxyl groups is 1. The summed E-state index contributed by atoms with van der Waals surface area (Å²) in [7, 11) is 1.50. The van der Waals surface area contributed by atoms with Crippen molar-refractivity contribution in [3.8, 4) is 5.75 Å². The Morgan fingerprint density at radius 3 is 2.38 bits per heavy atom. The minimum Gasteiger partial charge on any atom is -0.495 e. The largest absolute Gasteiger partial charge is 0.495 e. The molecule has 12 heteroatoms. The van der Waals surface area contributed by atoms with Crippen LogP contribution in [0.4, 0.5) is 0 Å². The van der Waals surface area contributed by atoms with Crippen molar-refractivity contribution < 1.29 is 38.5 Å². The lowest BCUT2D eigenvalue weighted by molar-refractivity contribution is -0.176. The smallest absolute Gasteiger partial charge is 0.347 e. The summed E-state index contributed by atoms with van der Waals surface area (Å²) in [6, 6.07) is 13.2. The van der Waals surface area contributed by atoms with Gasteiger partial charge >= 0.3 is 11.9 Å². The van der Waals surface area contributed by atoms with Crippen molar-refractivity contribution in [2.24, 2.45) is 17.8 Å². The maximum atomic E-state index is 13.5. The lowest BCUT2D eigenvalue weighted by Crippen LogP contribution is -2.49. The molecule has 0 saturated heterocycles. The molecule has 2 aromatic rings. The molecule has 0 aliphatic carbocycles. The first-order chi connectivity index (χ1) is 22.3. The van der Waals surface area contributed by atoms with E-state index >= 15 is 0 Å². The molecule has 0 aromatic heterocycles. The number of halogens is 2. The van der Waals surface area contributed by atoms with Crippen molar-refractivity contribution in [2.75, 3.05) is 13.7 Å². The normalized spacial score (nSPS) is 23.6. The van der Waals surface area contributed by atoms with Crippen LogP contribution in [0.3, 0.4) is 0 Å². The minimum atomic E-state index is -1.18. The maximum Gasteiger partial charge on any atom is 0.347 e. The number of carbonyl (C=O) groups is 4. The van der Waals surface area contributed by atoms with E-state index in [1.807, 2.05) is 39.0 Å². The fourth-order valence-corrected chi connectivity index (χ4v) is 6.00. The highest BCUT2D eigenvalue weighted by molar-refractivity contribution is 9.09. The van der Waals surface area contributed by atoms with E-state index in [-0.39, 0.29) is 31.7 Å². The number of rotatable bonds is 9. The van der Waals surface area contributed by atoms with E-state index in [2.05, 4.69) is 26.6 Å². The van der Waals surface area contributed by atoms with Crippen LogP contribution in [0.15, 0.2) is 60.7 Å². The number of amides is 2. The maximum absolute atomic E-state index is 13.5. The number of benzene rings is 2. The number of methoxy groups -OCH3 is 1. The Kier molecular flexibility index (Phi) is 14.7. The van der Waals surface area contributed by atoms with Crippen LogP contribution >= 0.6 is 27.5 Å². The summed E-state index contributed by atoms with van der Waals surface area (Å²) in [5, 5.41) is 16.9. The van der Waals surface area contributed by atoms with Gasteiger partial charge in [-0.05, 0) is 41.7 Å². The number of nitrogens with one attached hydrogen (secondary N) is 2. The van der Waals surface area contributed by atoms with Crippen molar-refractivity contribution in [3.63, 3.8) is 0 Å². The van der Waals surface area contributed by atoms with E-state index in [9.17, 15) is 24.3 Å². The molecule has 10 nitrogen and oxygen atoms in total. The fraction of sp³-hybridized carbons (Fsp3) is 0.486. The zero-order chi connectivity index (χ0) is 34.7. The number of cyclic esters (lactones) is 2. The Morgan fingerprint density at radius 1 is 1.04 bits per heavy atom. The molecule has 0 unspecified atom stereocenters. The van der Waals surface area contributed by atoms with Gasteiger partial charge in [-0.2, -0.15) is 0 Å². The number of carbonyl (C=O) groups excluding carboxylic acids is 4. The Labute approximate surface area is 289 Å². The van der Waals surface area contributed by atoms with Gasteiger partial charge < -0.3 is 30.0 Å². The molecule has 0 spiro atoms. The highest BCUT2D eigenvalue weighted by atomic mass is 79.9. The molecular formula is C35H44BrClN2O8. The van der Waals surface area contributed by atoms with Crippen LogP contribution in [0, 0.1) is 17.8 Å². The van der Waals surface area contributed by atoms with Crippen molar-refractivity contribution >= 4 is 51.3 Å². The standard InChI is InChI=1S/C35H44BrClN2O8/c1-20(2)16-29-35(44)46-27(22(4)31(36)32(41)24-10-7-6-8-11-24)12-9-13-30(40)39-26(33(42)38-19-21(3)34(43)47-29)18-23-14-15-28(45-5)25(37)17-23/h6-11,13-15,17,20-22,26-27,29,31-32,41H,12,16,18-19H2,1-5H3,(H,38,42)(H,39,40)/t21-,22+,26-,27+,29+,31-,32+/m1/s1. The van der Waals surface area contributed by atoms with Crippen LogP contribution in [0.25, 0.3) is 0 Å². The molecule has 1 aliphatic heterocycles. The van der Waals surface area contributed by atoms with Gasteiger partial charge in [-0.25, -0.2) is 4.79 Å². The van der Waals surface area contributed by atoms with Gasteiger partial charge in [0.15, 0.2) is 6.10 Å². The number of aliphatic hydroxyl groups excluding tert-OH is 1. The summed E-state index contributed by atoms with van der Waals surface area (Å²) in [5.41, 5.74) is 1.36. The van der Waals surface area contributed by atoms with E-state index in [0.717, 1.165) is 0 Å². The zero-order valence-corrected chi connectivity index (χ0v) is 29.6. The predicted molar refractivity (Wildman–Crippen MR) is 182 cm³/mol. The van der Waals surface area contributed by atoms with E-state index in [4.69, 9.17) is 25.8 Å². The molecule has 0 radical (unpaired) electrons. The lowest BCUT2D eigenvalue weighted by Gasteiger charge is -2.31. The number of hydrogen-bond donors (Lipinski definition) is 3. The number of esters is 2. The second-order valence-corrected chi connectivity index (χ2v) is 13.7. The average molecular weight is 736 g/mol. The Balaban J connectivity index is 1.92. The van der Waals surface area contributed by atoms with Crippen LogP contribution in [0.2, 0.25) is 5.02 Å².